The Morgan fingerprint density at radius 3 is 2.78 bits per heavy atom. The summed E-state index contributed by atoms with van der Waals surface area (Å²) in [5, 5.41) is 2.97. The summed E-state index contributed by atoms with van der Waals surface area (Å²) in [5.74, 6) is 0.171. The number of hydrogen-bond donors (Lipinski definition) is 1. The highest BCUT2D eigenvalue weighted by Gasteiger charge is 2.60. The van der Waals surface area contributed by atoms with Gasteiger partial charge in [0.05, 0.1) is 12.0 Å². The summed E-state index contributed by atoms with van der Waals surface area (Å²) in [6, 6.07) is 0. The third-order valence-corrected chi connectivity index (χ3v) is 4.28. The molecule has 18 heavy (non-hydrogen) atoms. The van der Waals surface area contributed by atoms with Crippen LogP contribution in [0, 0.1) is 17.3 Å². The largest absolute Gasteiger partial charge is 0.376 e. The van der Waals surface area contributed by atoms with Gasteiger partial charge in [-0.25, -0.2) is 0 Å². The molecule has 3 nitrogen and oxygen atoms in total. The Balaban J connectivity index is 1.84. The number of halogens is 2. The smallest absolute Gasteiger partial charge is 0.224 e. The Hall–Kier alpha value is -0.250. The number of rotatable bonds is 4. The van der Waals surface area contributed by atoms with Crippen molar-refractivity contribution in [3.05, 3.63) is 10.6 Å². The van der Waals surface area contributed by atoms with Gasteiger partial charge >= 0.3 is 0 Å². The highest BCUT2D eigenvalue weighted by molar-refractivity contribution is 6.55. The summed E-state index contributed by atoms with van der Waals surface area (Å²) >= 11 is 11.3. The molecule has 102 valence electrons. The van der Waals surface area contributed by atoms with Crippen molar-refractivity contribution in [2.24, 2.45) is 17.3 Å². The summed E-state index contributed by atoms with van der Waals surface area (Å²) in [6.45, 7) is 5.53. The number of carbonyl (C=O) groups is 1. The van der Waals surface area contributed by atoms with Gasteiger partial charge in [0.2, 0.25) is 5.91 Å². The molecule has 5 heteroatoms. The van der Waals surface area contributed by atoms with E-state index in [1.54, 1.807) is 6.08 Å². The highest BCUT2D eigenvalue weighted by Crippen LogP contribution is 2.59. The van der Waals surface area contributed by atoms with E-state index in [0.29, 0.717) is 6.54 Å². The van der Waals surface area contributed by atoms with Crippen LogP contribution >= 0.6 is 23.2 Å². The minimum absolute atomic E-state index is 0.0357. The standard InChI is InChI=1S/C13H19Cl2NO2/c1-13(2)9(6-10(14)15)11(13)12(17)16-7-8-4-3-5-18-8/h6,8-9,11H,3-5,7H2,1-2H3,(H,16,17)/t8-,9-,11-/m0/s1. The number of hydrogen-bond acceptors (Lipinski definition) is 2. The Labute approximate surface area is 118 Å². The van der Waals surface area contributed by atoms with Crippen molar-refractivity contribution < 1.29 is 9.53 Å². The van der Waals surface area contributed by atoms with E-state index >= 15 is 0 Å². The molecule has 1 saturated carbocycles. The van der Waals surface area contributed by atoms with Gasteiger partial charge in [-0.05, 0) is 30.3 Å². The first-order valence-electron chi connectivity index (χ1n) is 6.35. The van der Waals surface area contributed by atoms with Crippen molar-refractivity contribution in [3.63, 3.8) is 0 Å². The summed E-state index contributed by atoms with van der Waals surface area (Å²) < 4.78 is 5.72. The van der Waals surface area contributed by atoms with E-state index < -0.39 is 0 Å². The number of amides is 1. The molecule has 0 bridgehead atoms. The molecule has 1 N–H and O–H groups in total. The number of allylic oxidation sites excluding steroid dienone is 1. The predicted molar refractivity (Wildman–Crippen MR) is 72.5 cm³/mol. The van der Waals surface area contributed by atoms with Crippen LogP contribution in [0.25, 0.3) is 0 Å². The second-order valence-electron chi connectivity index (χ2n) is 5.66. The first kappa shape index (κ1) is 14.2. The Morgan fingerprint density at radius 1 is 1.50 bits per heavy atom. The molecular weight excluding hydrogens is 273 g/mol. The third kappa shape index (κ3) is 3.01. The van der Waals surface area contributed by atoms with E-state index in [1.165, 1.54) is 0 Å². The first-order valence-corrected chi connectivity index (χ1v) is 7.10. The normalized spacial score (nSPS) is 33.0. The maximum Gasteiger partial charge on any atom is 0.224 e. The van der Waals surface area contributed by atoms with Crippen LogP contribution in [0.2, 0.25) is 0 Å². The number of ether oxygens (including phenoxy) is 1. The van der Waals surface area contributed by atoms with Crippen molar-refractivity contribution in [2.45, 2.75) is 32.8 Å². The lowest BCUT2D eigenvalue weighted by Crippen LogP contribution is -2.33. The molecule has 2 aliphatic rings. The maximum absolute atomic E-state index is 12.1. The van der Waals surface area contributed by atoms with Crippen molar-refractivity contribution in [3.8, 4) is 0 Å². The van der Waals surface area contributed by atoms with Crippen LogP contribution in [-0.2, 0) is 9.53 Å². The Bertz CT molecular complexity index is 358. The van der Waals surface area contributed by atoms with Gasteiger partial charge in [-0.2, -0.15) is 0 Å². The Kier molecular flexibility index (Phi) is 4.25. The number of carbonyl (C=O) groups excluding carboxylic acids is 1. The zero-order chi connectivity index (χ0) is 13.3. The summed E-state index contributed by atoms with van der Waals surface area (Å²) in [4.78, 5) is 12.1. The van der Waals surface area contributed by atoms with Crippen molar-refractivity contribution in [1.82, 2.24) is 5.32 Å². The van der Waals surface area contributed by atoms with Crippen LogP contribution in [0.4, 0.5) is 0 Å². The van der Waals surface area contributed by atoms with Crippen LogP contribution in [0.1, 0.15) is 26.7 Å². The van der Waals surface area contributed by atoms with Gasteiger partial charge in [-0.1, -0.05) is 37.0 Å². The lowest BCUT2D eigenvalue weighted by atomic mass is 10.1. The summed E-state index contributed by atoms with van der Waals surface area (Å²) in [5.41, 5.74) is -0.0599. The zero-order valence-corrected chi connectivity index (χ0v) is 12.2. The molecule has 1 amide bonds. The Morgan fingerprint density at radius 2 is 2.22 bits per heavy atom. The molecule has 1 aliphatic heterocycles. The van der Waals surface area contributed by atoms with E-state index in [2.05, 4.69) is 19.2 Å². The third-order valence-electron chi connectivity index (χ3n) is 4.03. The molecule has 0 aromatic heterocycles. The van der Waals surface area contributed by atoms with Crippen molar-refractivity contribution in [2.75, 3.05) is 13.2 Å². The molecule has 1 saturated heterocycles. The molecule has 0 aromatic carbocycles. The predicted octanol–water partition coefficient (Wildman–Crippen LogP) is 2.87. The van der Waals surface area contributed by atoms with E-state index in [1.807, 2.05) is 0 Å². The molecule has 0 spiro atoms. The molecule has 2 rings (SSSR count). The molecular formula is C13H19Cl2NO2. The first-order chi connectivity index (χ1) is 8.43. The van der Waals surface area contributed by atoms with E-state index in [-0.39, 0.29) is 33.8 Å². The van der Waals surface area contributed by atoms with Crippen molar-refractivity contribution >= 4 is 29.1 Å². The summed E-state index contributed by atoms with van der Waals surface area (Å²) in [7, 11) is 0. The van der Waals surface area contributed by atoms with Crippen LogP contribution in [-0.4, -0.2) is 25.2 Å². The number of nitrogens with one attached hydrogen (secondary N) is 1. The second kappa shape index (κ2) is 5.40. The van der Waals surface area contributed by atoms with Crippen LogP contribution in [0.3, 0.4) is 0 Å². The highest BCUT2D eigenvalue weighted by atomic mass is 35.5. The van der Waals surface area contributed by atoms with Crippen LogP contribution in [0.15, 0.2) is 10.6 Å². The fraction of sp³-hybridized carbons (Fsp3) is 0.769. The molecule has 3 atom stereocenters. The zero-order valence-electron chi connectivity index (χ0n) is 10.7. The minimum Gasteiger partial charge on any atom is -0.376 e. The van der Waals surface area contributed by atoms with E-state index in [4.69, 9.17) is 27.9 Å². The minimum atomic E-state index is -0.0599. The maximum atomic E-state index is 12.1. The van der Waals surface area contributed by atoms with Gasteiger partial charge in [0.15, 0.2) is 0 Å². The monoisotopic (exact) mass is 291 g/mol. The second-order valence-corrected chi connectivity index (χ2v) is 6.67. The van der Waals surface area contributed by atoms with Gasteiger partial charge in [0.1, 0.15) is 4.49 Å². The average Bonchev–Trinajstić information content (AvgIpc) is 2.70. The van der Waals surface area contributed by atoms with E-state index in [0.717, 1.165) is 19.4 Å². The molecule has 0 radical (unpaired) electrons. The quantitative estimate of drug-likeness (QED) is 0.865. The molecule has 1 aliphatic carbocycles. The lowest BCUT2D eigenvalue weighted by molar-refractivity contribution is -0.123. The molecule has 2 fully saturated rings. The van der Waals surface area contributed by atoms with Gasteiger partial charge in [-0.15, -0.1) is 0 Å². The van der Waals surface area contributed by atoms with Gasteiger partial charge in [0.25, 0.3) is 0 Å². The van der Waals surface area contributed by atoms with Crippen molar-refractivity contribution in [1.29, 1.82) is 0 Å². The fourth-order valence-corrected chi connectivity index (χ4v) is 3.03. The SMILES string of the molecule is CC1(C)[C@H](C(=O)NC[C@@H]2CCCO2)[C@@H]1C=C(Cl)Cl. The van der Waals surface area contributed by atoms with Gasteiger partial charge < -0.3 is 10.1 Å². The molecule has 0 unspecified atom stereocenters. The molecule has 0 aromatic rings. The van der Waals surface area contributed by atoms with Gasteiger partial charge in [-0.3, -0.25) is 4.79 Å². The topological polar surface area (TPSA) is 38.3 Å². The summed E-state index contributed by atoms with van der Waals surface area (Å²) in [6.07, 6.45) is 4.06. The van der Waals surface area contributed by atoms with Gasteiger partial charge in [0, 0.05) is 13.2 Å². The van der Waals surface area contributed by atoms with Crippen LogP contribution in [0.5, 0.6) is 0 Å². The van der Waals surface area contributed by atoms with E-state index in [9.17, 15) is 4.79 Å². The molecule has 1 heterocycles. The lowest BCUT2D eigenvalue weighted by Gasteiger charge is -2.11. The fourth-order valence-electron chi connectivity index (χ4n) is 2.75. The average molecular weight is 292 g/mol. The van der Waals surface area contributed by atoms with Crippen LogP contribution < -0.4 is 5.32 Å².